The molecule has 0 spiro atoms. The molecule has 0 bridgehead atoms. The van der Waals surface area contributed by atoms with Crippen LogP contribution < -0.4 is 15.0 Å². The number of rotatable bonds is 5. The number of nitrogens with one attached hydrogen (secondary N) is 1. The molecule has 0 radical (unpaired) electrons. The third kappa shape index (κ3) is 4.06. The minimum Gasteiger partial charge on any atom is -0.507 e. The van der Waals surface area contributed by atoms with Crippen molar-refractivity contribution in [3.63, 3.8) is 0 Å². The molecular weight excluding hydrogens is 422 g/mol. The van der Waals surface area contributed by atoms with Gasteiger partial charge in [0.2, 0.25) is 5.91 Å². The Kier molecular flexibility index (Phi) is 5.91. The molecule has 1 aromatic heterocycles. The summed E-state index contributed by atoms with van der Waals surface area (Å²) in [6.07, 6.45) is 3.12. The second-order valence-corrected chi connectivity index (χ2v) is 7.39. The highest BCUT2D eigenvalue weighted by atomic mass is 16.5. The fourth-order valence-electron chi connectivity index (χ4n) is 3.87. The van der Waals surface area contributed by atoms with Gasteiger partial charge in [-0.05, 0) is 42.0 Å². The Balaban J connectivity index is 1.93. The third-order valence-corrected chi connectivity index (χ3v) is 5.25. The van der Waals surface area contributed by atoms with Gasteiger partial charge in [-0.15, -0.1) is 0 Å². The number of ketones is 1. The Bertz CT molecular complexity index is 1270. The Labute approximate surface area is 190 Å². The normalized spacial score (nSPS) is 17.2. The van der Waals surface area contributed by atoms with Crippen molar-refractivity contribution in [2.75, 3.05) is 17.3 Å². The first-order valence-electron chi connectivity index (χ1n) is 10.1. The molecule has 0 saturated carbocycles. The number of Topliss-reactive ketones (excluding diaryl/α,β-unsaturated/α-hetero) is 1. The number of hydrogen-bond donors (Lipinski definition) is 2. The first kappa shape index (κ1) is 21.8. The number of ether oxygens (including phenoxy) is 1. The molecule has 1 aliphatic heterocycles. The van der Waals surface area contributed by atoms with Crippen molar-refractivity contribution in [2.24, 2.45) is 0 Å². The predicted octanol–water partition coefficient (Wildman–Crippen LogP) is 3.67. The zero-order chi connectivity index (χ0) is 23.5. The monoisotopic (exact) mass is 443 g/mol. The summed E-state index contributed by atoms with van der Waals surface area (Å²) in [6.45, 7) is 1.38. The van der Waals surface area contributed by atoms with Crippen molar-refractivity contribution >= 4 is 34.7 Å². The summed E-state index contributed by atoms with van der Waals surface area (Å²) in [7, 11) is 1.46. The number of aliphatic hydroxyl groups is 1. The van der Waals surface area contributed by atoms with Gasteiger partial charge in [-0.1, -0.05) is 24.3 Å². The van der Waals surface area contributed by atoms with Crippen LogP contribution in [0.15, 0.2) is 78.6 Å². The highest BCUT2D eigenvalue weighted by molar-refractivity contribution is 6.51. The number of aromatic nitrogens is 1. The van der Waals surface area contributed by atoms with E-state index >= 15 is 0 Å². The summed E-state index contributed by atoms with van der Waals surface area (Å²) in [5.41, 5.74) is 1.60. The summed E-state index contributed by atoms with van der Waals surface area (Å²) in [5, 5.41) is 13.9. The number of anilines is 2. The van der Waals surface area contributed by atoms with Crippen molar-refractivity contribution in [3.05, 3.63) is 89.8 Å². The van der Waals surface area contributed by atoms with Gasteiger partial charge >= 0.3 is 0 Å². The maximum atomic E-state index is 13.2. The largest absolute Gasteiger partial charge is 0.507 e. The number of carbonyl (C=O) groups excluding carboxylic acids is 3. The number of methoxy groups -OCH3 is 1. The molecule has 166 valence electrons. The molecule has 1 unspecified atom stereocenters. The molecule has 4 rings (SSSR count). The molecule has 8 nitrogen and oxygen atoms in total. The summed E-state index contributed by atoms with van der Waals surface area (Å²) in [5.74, 6) is -1.90. The minimum atomic E-state index is -0.934. The van der Waals surface area contributed by atoms with Crippen LogP contribution in [-0.2, 0) is 14.4 Å². The minimum absolute atomic E-state index is 0.0811. The lowest BCUT2D eigenvalue weighted by atomic mass is 9.96. The number of carbonyl (C=O) groups is 3. The number of benzene rings is 2. The van der Waals surface area contributed by atoms with Crippen LogP contribution in [0.2, 0.25) is 0 Å². The Morgan fingerprint density at radius 1 is 1.09 bits per heavy atom. The zero-order valence-electron chi connectivity index (χ0n) is 18.0. The lowest BCUT2D eigenvalue weighted by Crippen LogP contribution is -2.29. The zero-order valence-corrected chi connectivity index (χ0v) is 18.0. The van der Waals surface area contributed by atoms with Gasteiger partial charge in [-0.25, -0.2) is 0 Å². The first-order valence-corrected chi connectivity index (χ1v) is 10.1. The van der Waals surface area contributed by atoms with E-state index in [0.717, 1.165) is 0 Å². The standard InChI is InChI=1S/C25H21N3O5/c1-15(29)27-17-8-5-9-18(13-17)28-22(16-7-6-12-26-14-16)21(24(31)25(28)32)23(30)19-10-3-4-11-20(19)33-2/h3-14,22,30H,1-2H3,(H,27,29)/b23-21+. The highest BCUT2D eigenvalue weighted by Crippen LogP contribution is 2.43. The van der Waals surface area contributed by atoms with Crippen LogP contribution in [-0.4, -0.2) is 34.8 Å². The van der Waals surface area contributed by atoms with Crippen molar-refractivity contribution < 1.29 is 24.2 Å². The highest BCUT2D eigenvalue weighted by Gasteiger charge is 2.47. The second kappa shape index (κ2) is 8.96. The van der Waals surface area contributed by atoms with E-state index in [-0.39, 0.29) is 17.2 Å². The second-order valence-electron chi connectivity index (χ2n) is 7.39. The van der Waals surface area contributed by atoms with Crippen LogP contribution in [0, 0.1) is 0 Å². The lowest BCUT2D eigenvalue weighted by Gasteiger charge is -2.25. The molecule has 1 aliphatic rings. The van der Waals surface area contributed by atoms with E-state index < -0.39 is 17.7 Å². The van der Waals surface area contributed by atoms with Crippen LogP contribution in [0.3, 0.4) is 0 Å². The lowest BCUT2D eigenvalue weighted by molar-refractivity contribution is -0.132. The summed E-state index contributed by atoms with van der Waals surface area (Å²) >= 11 is 0. The molecule has 0 aliphatic carbocycles. The molecule has 3 aromatic rings. The van der Waals surface area contributed by atoms with Gasteiger partial charge in [0.25, 0.3) is 11.7 Å². The number of nitrogens with zero attached hydrogens (tertiary/aromatic N) is 2. The fourth-order valence-corrected chi connectivity index (χ4v) is 3.87. The van der Waals surface area contributed by atoms with Gasteiger partial charge in [-0.2, -0.15) is 0 Å². The van der Waals surface area contributed by atoms with Gasteiger partial charge in [-0.3, -0.25) is 24.3 Å². The summed E-state index contributed by atoms with van der Waals surface area (Å²) in [6, 6.07) is 15.8. The quantitative estimate of drug-likeness (QED) is 0.354. The Hall–Kier alpha value is -4.46. The topological polar surface area (TPSA) is 109 Å². The maximum absolute atomic E-state index is 13.2. The Morgan fingerprint density at radius 3 is 2.58 bits per heavy atom. The molecule has 1 fully saturated rings. The number of hydrogen-bond acceptors (Lipinski definition) is 6. The van der Waals surface area contributed by atoms with Crippen LogP contribution >= 0.6 is 0 Å². The number of aliphatic hydroxyl groups excluding tert-OH is 1. The van der Waals surface area contributed by atoms with Crippen molar-refractivity contribution in [3.8, 4) is 5.75 Å². The molecule has 1 saturated heterocycles. The summed E-state index contributed by atoms with van der Waals surface area (Å²) < 4.78 is 5.34. The fraction of sp³-hybridized carbons (Fsp3) is 0.120. The van der Waals surface area contributed by atoms with Gasteiger partial charge in [0, 0.05) is 30.7 Å². The molecular formula is C25H21N3O5. The van der Waals surface area contributed by atoms with E-state index in [4.69, 9.17) is 4.74 Å². The van der Waals surface area contributed by atoms with Crippen LogP contribution in [0.25, 0.3) is 5.76 Å². The van der Waals surface area contributed by atoms with Crippen LogP contribution in [0.1, 0.15) is 24.1 Å². The van der Waals surface area contributed by atoms with Gasteiger partial charge in [0.15, 0.2) is 0 Å². The molecule has 2 aromatic carbocycles. The number of para-hydroxylation sites is 1. The molecule has 2 amide bonds. The van der Waals surface area contributed by atoms with Crippen molar-refractivity contribution in [2.45, 2.75) is 13.0 Å². The summed E-state index contributed by atoms with van der Waals surface area (Å²) in [4.78, 5) is 43.4. The van der Waals surface area contributed by atoms with Crippen LogP contribution in [0.5, 0.6) is 5.75 Å². The molecule has 33 heavy (non-hydrogen) atoms. The third-order valence-electron chi connectivity index (χ3n) is 5.25. The van der Waals surface area contributed by atoms with Crippen LogP contribution in [0.4, 0.5) is 11.4 Å². The van der Waals surface area contributed by atoms with E-state index in [0.29, 0.717) is 28.3 Å². The molecule has 1 atom stereocenters. The van der Waals surface area contributed by atoms with Crippen molar-refractivity contribution in [1.29, 1.82) is 0 Å². The van der Waals surface area contributed by atoms with Gasteiger partial charge < -0.3 is 15.2 Å². The molecule has 8 heteroatoms. The molecule has 2 N–H and O–H groups in total. The number of amides is 2. The average molecular weight is 443 g/mol. The number of pyridine rings is 1. The van der Waals surface area contributed by atoms with E-state index in [2.05, 4.69) is 10.3 Å². The average Bonchev–Trinajstić information content (AvgIpc) is 3.09. The first-order chi connectivity index (χ1) is 15.9. The smallest absolute Gasteiger partial charge is 0.300 e. The van der Waals surface area contributed by atoms with Gasteiger partial charge in [0.05, 0.1) is 24.3 Å². The Morgan fingerprint density at radius 2 is 1.88 bits per heavy atom. The maximum Gasteiger partial charge on any atom is 0.300 e. The van der Waals surface area contributed by atoms with Crippen molar-refractivity contribution in [1.82, 2.24) is 4.98 Å². The van der Waals surface area contributed by atoms with E-state index in [1.165, 1.54) is 25.1 Å². The predicted molar refractivity (Wildman–Crippen MR) is 123 cm³/mol. The molecule has 2 heterocycles. The van der Waals surface area contributed by atoms with Gasteiger partial charge in [0.1, 0.15) is 11.5 Å². The van der Waals surface area contributed by atoms with E-state index in [1.807, 2.05) is 0 Å². The SMILES string of the molecule is COc1ccccc1/C(O)=C1\C(=O)C(=O)N(c2cccc(NC(C)=O)c2)C1c1cccnc1. The van der Waals surface area contributed by atoms with E-state index in [9.17, 15) is 19.5 Å². The van der Waals surface area contributed by atoms with E-state index in [1.54, 1.807) is 66.9 Å².